The Morgan fingerprint density at radius 3 is 2.52 bits per heavy atom. The van der Waals surface area contributed by atoms with Crippen molar-refractivity contribution in [1.29, 1.82) is 0 Å². The number of nitrogens with one attached hydrogen (secondary N) is 3. The molecule has 2 heterocycles. The van der Waals surface area contributed by atoms with Crippen molar-refractivity contribution >= 4 is 23.0 Å². The maximum atomic E-state index is 12.5. The summed E-state index contributed by atoms with van der Waals surface area (Å²) in [7, 11) is 0. The topological polar surface area (TPSA) is 108 Å². The first-order chi connectivity index (χ1) is 15.0. The van der Waals surface area contributed by atoms with E-state index in [0.29, 0.717) is 29.0 Å². The summed E-state index contributed by atoms with van der Waals surface area (Å²) < 4.78 is 1.38. The number of aromatic amines is 1. The van der Waals surface area contributed by atoms with Crippen molar-refractivity contribution in [1.82, 2.24) is 19.9 Å². The molecule has 0 saturated carbocycles. The van der Waals surface area contributed by atoms with Crippen LogP contribution in [0.1, 0.15) is 32.1 Å². The summed E-state index contributed by atoms with van der Waals surface area (Å²) in [6.07, 6.45) is 2.39. The van der Waals surface area contributed by atoms with E-state index in [4.69, 9.17) is 0 Å². The lowest BCUT2D eigenvalue weighted by molar-refractivity contribution is 0.0953. The van der Waals surface area contributed by atoms with Gasteiger partial charge in [-0.2, -0.15) is 5.10 Å². The number of nitrogens with zero attached hydrogens (tertiary/aromatic N) is 2. The lowest BCUT2D eigenvalue weighted by atomic mass is 10.1. The number of rotatable bonds is 6. The Hall–Kier alpha value is -4.20. The van der Waals surface area contributed by atoms with Crippen LogP contribution in [0.2, 0.25) is 0 Å². The molecule has 8 nitrogen and oxygen atoms in total. The molecule has 0 radical (unpaired) electrons. The first-order valence-corrected chi connectivity index (χ1v) is 9.82. The molecule has 0 saturated heterocycles. The van der Waals surface area contributed by atoms with Gasteiger partial charge in [-0.05, 0) is 43.2 Å². The van der Waals surface area contributed by atoms with Crippen LogP contribution in [0.5, 0.6) is 0 Å². The van der Waals surface area contributed by atoms with E-state index in [1.807, 2.05) is 30.3 Å². The molecular weight excluding hydrogens is 394 g/mol. The first kappa shape index (κ1) is 20.1. The molecule has 4 aromatic rings. The number of benzene rings is 2. The number of carbonyl (C=O) groups excluding carboxylic acids is 2. The molecule has 0 atom stereocenters. The monoisotopic (exact) mass is 415 g/mol. The molecule has 3 N–H and O–H groups in total. The number of H-pyrrole nitrogens is 1. The molecule has 156 valence electrons. The number of hydrogen-bond donors (Lipinski definition) is 3. The van der Waals surface area contributed by atoms with E-state index in [1.165, 1.54) is 10.6 Å². The van der Waals surface area contributed by atoms with Gasteiger partial charge in [0.05, 0.1) is 0 Å². The third-order valence-corrected chi connectivity index (χ3v) is 4.77. The van der Waals surface area contributed by atoms with Crippen molar-refractivity contribution in [2.24, 2.45) is 0 Å². The highest BCUT2D eigenvalue weighted by Gasteiger charge is 2.14. The van der Waals surface area contributed by atoms with Crippen molar-refractivity contribution in [2.75, 3.05) is 11.9 Å². The van der Waals surface area contributed by atoms with Crippen LogP contribution in [0.3, 0.4) is 0 Å². The average Bonchev–Trinajstić information content (AvgIpc) is 3.19. The van der Waals surface area contributed by atoms with Gasteiger partial charge in [0.1, 0.15) is 5.52 Å². The van der Waals surface area contributed by atoms with E-state index in [2.05, 4.69) is 20.7 Å². The maximum absolute atomic E-state index is 12.5. The van der Waals surface area contributed by atoms with Gasteiger partial charge >= 0.3 is 0 Å². The van der Waals surface area contributed by atoms with E-state index in [9.17, 15) is 14.4 Å². The van der Waals surface area contributed by atoms with Gasteiger partial charge in [0.2, 0.25) is 0 Å². The van der Waals surface area contributed by atoms with E-state index >= 15 is 0 Å². The Bertz CT molecular complexity index is 1290. The van der Waals surface area contributed by atoms with Crippen LogP contribution in [-0.4, -0.2) is 33.0 Å². The molecule has 0 spiro atoms. The van der Waals surface area contributed by atoms with Crippen molar-refractivity contribution in [3.63, 3.8) is 0 Å². The Morgan fingerprint density at radius 2 is 1.77 bits per heavy atom. The number of amides is 2. The van der Waals surface area contributed by atoms with Crippen molar-refractivity contribution in [2.45, 2.75) is 13.3 Å². The smallest absolute Gasteiger partial charge is 0.276 e. The van der Waals surface area contributed by atoms with Gasteiger partial charge < -0.3 is 15.6 Å². The number of aromatic nitrogens is 3. The van der Waals surface area contributed by atoms with E-state index < -0.39 is 5.91 Å². The Balaban J connectivity index is 1.36. The quantitative estimate of drug-likeness (QED) is 0.450. The standard InChI is InChI=1S/C23H21N5O3/c1-15-14-28-20(23(31)25-15)13-19(27-28)22(30)26-18-9-7-17(8-10-18)21(29)24-12-11-16-5-3-2-4-6-16/h2-10,13-14H,11-12H2,1H3,(H,24,29)(H,25,31)(H,26,30). The van der Waals surface area contributed by atoms with Crippen molar-refractivity contribution in [3.8, 4) is 0 Å². The van der Waals surface area contributed by atoms with Gasteiger partial charge in [-0.15, -0.1) is 0 Å². The molecular formula is C23H21N5O3. The van der Waals surface area contributed by atoms with Crippen LogP contribution >= 0.6 is 0 Å². The normalized spacial score (nSPS) is 10.7. The largest absolute Gasteiger partial charge is 0.352 e. The molecule has 0 aliphatic carbocycles. The second-order valence-electron chi connectivity index (χ2n) is 7.15. The molecule has 31 heavy (non-hydrogen) atoms. The molecule has 4 rings (SSSR count). The minimum atomic E-state index is -0.444. The van der Waals surface area contributed by atoms with Gasteiger partial charge in [-0.3, -0.25) is 14.4 Å². The summed E-state index contributed by atoms with van der Waals surface area (Å²) in [6.45, 7) is 2.27. The van der Waals surface area contributed by atoms with Gasteiger partial charge in [0.15, 0.2) is 5.69 Å². The summed E-state index contributed by atoms with van der Waals surface area (Å²) in [5, 5.41) is 9.77. The highest BCUT2D eigenvalue weighted by atomic mass is 16.2. The molecule has 0 bridgehead atoms. The zero-order valence-electron chi connectivity index (χ0n) is 16.9. The summed E-state index contributed by atoms with van der Waals surface area (Å²) in [5.74, 6) is -0.621. The SMILES string of the molecule is Cc1cn2nc(C(=O)Nc3ccc(C(=O)NCCc4ccccc4)cc3)cc2c(=O)[nH]1. The van der Waals surface area contributed by atoms with Crippen molar-refractivity contribution in [3.05, 3.63) is 99.7 Å². The van der Waals surface area contributed by atoms with Crippen LogP contribution in [0.25, 0.3) is 5.52 Å². The second kappa shape index (κ2) is 8.66. The summed E-state index contributed by atoms with van der Waals surface area (Å²) in [6, 6.07) is 17.9. The van der Waals surface area contributed by atoms with Gasteiger partial charge in [0.25, 0.3) is 17.4 Å². The fraction of sp³-hybridized carbons (Fsp3) is 0.130. The van der Waals surface area contributed by atoms with Gasteiger partial charge in [-0.25, -0.2) is 4.52 Å². The molecule has 2 amide bonds. The summed E-state index contributed by atoms with van der Waals surface area (Å²) in [4.78, 5) is 39.4. The fourth-order valence-corrected chi connectivity index (χ4v) is 3.20. The summed E-state index contributed by atoms with van der Waals surface area (Å²) >= 11 is 0. The average molecular weight is 415 g/mol. The number of hydrogen-bond acceptors (Lipinski definition) is 4. The zero-order chi connectivity index (χ0) is 21.8. The number of carbonyl (C=O) groups is 2. The molecule has 0 fully saturated rings. The Labute approximate surface area is 177 Å². The number of aryl methyl sites for hydroxylation is 1. The Morgan fingerprint density at radius 1 is 1.03 bits per heavy atom. The van der Waals surface area contributed by atoms with Crippen LogP contribution in [0.15, 0.2) is 71.7 Å². The first-order valence-electron chi connectivity index (χ1n) is 9.82. The molecule has 2 aromatic heterocycles. The predicted molar refractivity (Wildman–Crippen MR) is 117 cm³/mol. The summed E-state index contributed by atoms with van der Waals surface area (Å²) in [5.41, 5.74) is 2.93. The van der Waals surface area contributed by atoms with Gasteiger partial charge in [-0.1, -0.05) is 30.3 Å². The van der Waals surface area contributed by atoms with Crippen LogP contribution in [-0.2, 0) is 6.42 Å². The molecule has 0 unspecified atom stereocenters. The lowest BCUT2D eigenvalue weighted by Crippen LogP contribution is -2.25. The highest BCUT2D eigenvalue weighted by molar-refractivity contribution is 6.04. The second-order valence-corrected chi connectivity index (χ2v) is 7.15. The third kappa shape index (κ3) is 4.69. The van der Waals surface area contributed by atoms with Crippen LogP contribution in [0.4, 0.5) is 5.69 Å². The predicted octanol–water partition coefficient (Wildman–Crippen LogP) is 2.56. The van der Waals surface area contributed by atoms with Crippen molar-refractivity contribution < 1.29 is 9.59 Å². The van der Waals surface area contributed by atoms with E-state index in [0.717, 1.165) is 12.0 Å². The van der Waals surface area contributed by atoms with E-state index in [1.54, 1.807) is 37.4 Å². The number of fused-ring (bicyclic) bond motifs is 1. The molecule has 0 aliphatic heterocycles. The fourth-order valence-electron chi connectivity index (χ4n) is 3.20. The maximum Gasteiger partial charge on any atom is 0.276 e. The highest BCUT2D eigenvalue weighted by Crippen LogP contribution is 2.12. The minimum absolute atomic E-state index is 0.124. The third-order valence-electron chi connectivity index (χ3n) is 4.77. The molecule has 2 aromatic carbocycles. The Kier molecular flexibility index (Phi) is 5.61. The number of anilines is 1. The molecule has 0 aliphatic rings. The van der Waals surface area contributed by atoms with Crippen LogP contribution in [0, 0.1) is 6.92 Å². The van der Waals surface area contributed by atoms with Gasteiger partial charge in [0, 0.05) is 35.8 Å². The minimum Gasteiger partial charge on any atom is -0.352 e. The lowest BCUT2D eigenvalue weighted by Gasteiger charge is -2.07. The zero-order valence-corrected chi connectivity index (χ0v) is 16.9. The van der Waals surface area contributed by atoms with Crippen LogP contribution < -0.4 is 16.2 Å². The molecule has 8 heteroatoms. The van der Waals surface area contributed by atoms with E-state index in [-0.39, 0.29) is 17.2 Å².